The van der Waals surface area contributed by atoms with E-state index in [1.54, 1.807) is 6.08 Å². The van der Waals surface area contributed by atoms with Crippen molar-refractivity contribution in [1.29, 1.82) is 0 Å². The molecule has 70 valence electrons. The van der Waals surface area contributed by atoms with Crippen molar-refractivity contribution in [3.8, 4) is 0 Å². The monoisotopic (exact) mass is 176 g/mol. The molecule has 0 atom stereocenters. The van der Waals surface area contributed by atoms with Crippen LogP contribution in [0.1, 0.15) is 11.1 Å². The van der Waals surface area contributed by atoms with Gasteiger partial charge in [-0.25, -0.2) is 0 Å². The van der Waals surface area contributed by atoms with Gasteiger partial charge < -0.3 is 4.74 Å². The highest BCUT2D eigenvalue weighted by molar-refractivity contribution is 5.21. The summed E-state index contributed by atoms with van der Waals surface area (Å²) >= 11 is 0. The first-order valence-corrected chi connectivity index (χ1v) is 4.57. The first-order chi connectivity index (χ1) is 6.33. The highest BCUT2D eigenvalue weighted by Crippen LogP contribution is 2.03. The quantitative estimate of drug-likeness (QED) is 0.495. The summed E-state index contributed by atoms with van der Waals surface area (Å²) in [7, 11) is 0. The lowest BCUT2D eigenvalue weighted by atomic mass is 10.1. The maximum Gasteiger partial charge on any atom is 0.0644 e. The first kappa shape index (κ1) is 10.0. The molecule has 0 heterocycles. The minimum atomic E-state index is 0.645. The van der Waals surface area contributed by atoms with Crippen molar-refractivity contribution in [2.24, 2.45) is 0 Å². The van der Waals surface area contributed by atoms with Crippen LogP contribution in [0.3, 0.4) is 0 Å². The van der Waals surface area contributed by atoms with Crippen molar-refractivity contribution in [2.45, 2.75) is 13.3 Å². The molecule has 0 unspecified atom stereocenters. The Hall–Kier alpha value is -1.08. The molecule has 13 heavy (non-hydrogen) atoms. The summed E-state index contributed by atoms with van der Waals surface area (Å²) in [6, 6.07) is 8.55. The summed E-state index contributed by atoms with van der Waals surface area (Å²) in [5, 5.41) is 0. The fourth-order valence-electron chi connectivity index (χ4n) is 1.11. The molecule has 1 aromatic rings. The molecule has 0 aliphatic rings. The van der Waals surface area contributed by atoms with Gasteiger partial charge in [0.1, 0.15) is 0 Å². The highest BCUT2D eigenvalue weighted by atomic mass is 16.5. The van der Waals surface area contributed by atoms with Gasteiger partial charge in [-0.3, -0.25) is 0 Å². The number of aryl methyl sites for hydroxylation is 1. The molecule has 1 heteroatoms. The molecule has 1 rings (SSSR count). The molecule has 0 saturated heterocycles. The van der Waals surface area contributed by atoms with E-state index in [9.17, 15) is 0 Å². The van der Waals surface area contributed by atoms with Crippen LogP contribution >= 0.6 is 0 Å². The van der Waals surface area contributed by atoms with Crippen molar-refractivity contribution in [1.82, 2.24) is 0 Å². The van der Waals surface area contributed by atoms with Crippen molar-refractivity contribution in [2.75, 3.05) is 13.2 Å². The maximum absolute atomic E-state index is 5.30. The van der Waals surface area contributed by atoms with E-state index in [1.165, 1.54) is 11.1 Å². The van der Waals surface area contributed by atoms with Gasteiger partial charge in [0.2, 0.25) is 0 Å². The van der Waals surface area contributed by atoms with E-state index < -0.39 is 0 Å². The molecule has 0 saturated carbocycles. The SMILES string of the molecule is C=CCOCCc1ccc(C)cc1. The van der Waals surface area contributed by atoms with Crippen LogP contribution in [0.5, 0.6) is 0 Å². The molecule has 0 bridgehead atoms. The molecule has 0 N–H and O–H groups in total. The smallest absolute Gasteiger partial charge is 0.0644 e. The first-order valence-electron chi connectivity index (χ1n) is 4.57. The molecule has 0 radical (unpaired) electrons. The largest absolute Gasteiger partial charge is 0.377 e. The predicted molar refractivity (Wildman–Crippen MR) is 55.9 cm³/mol. The van der Waals surface area contributed by atoms with Crippen LogP contribution in [0.4, 0.5) is 0 Å². The molecule has 0 amide bonds. The molecular formula is C12H16O. The van der Waals surface area contributed by atoms with Gasteiger partial charge in [-0.05, 0) is 18.9 Å². The molecular weight excluding hydrogens is 160 g/mol. The summed E-state index contributed by atoms with van der Waals surface area (Å²) in [4.78, 5) is 0. The molecule has 0 fully saturated rings. The minimum absolute atomic E-state index is 0.645. The second-order valence-electron chi connectivity index (χ2n) is 3.10. The van der Waals surface area contributed by atoms with Crippen LogP contribution in [0.25, 0.3) is 0 Å². The van der Waals surface area contributed by atoms with Gasteiger partial charge in [-0.2, -0.15) is 0 Å². The maximum atomic E-state index is 5.30. The van der Waals surface area contributed by atoms with Gasteiger partial charge in [0.15, 0.2) is 0 Å². The van der Waals surface area contributed by atoms with Crippen LogP contribution in [0.15, 0.2) is 36.9 Å². The Morgan fingerprint density at radius 3 is 2.62 bits per heavy atom. The molecule has 1 nitrogen and oxygen atoms in total. The average molecular weight is 176 g/mol. The van der Waals surface area contributed by atoms with Crippen LogP contribution < -0.4 is 0 Å². The fourth-order valence-corrected chi connectivity index (χ4v) is 1.11. The minimum Gasteiger partial charge on any atom is -0.377 e. The van der Waals surface area contributed by atoms with Gasteiger partial charge in [0, 0.05) is 0 Å². The van der Waals surface area contributed by atoms with E-state index in [0.717, 1.165) is 13.0 Å². The Balaban J connectivity index is 2.28. The van der Waals surface area contributed by atoms with Crippen molar-refractivity contribution in [3.05, 3.63) is 48.0 Å². The van der Waals surface area contributed by atoms with Gasteiger partial charge in [0.05, 0.1) is 13.2 Å². The Labute approximate surface area is 80.0 Å². The lowest BCUT2D eigenvalue weighted by Crippen LogP contribution is -1.98. The summed E-state index contributed by atoms with van der Waals surface area (Å²) in [5.41, 5.74) is 2.63. The van der Waals surface area contributed by atoms with Crippen molar-refractivity contribution < 1.29 is 4.74 Å². The fraction of sp³-hybridized carbons (Fsp3) is 0.333. The number of hydrogen-bond acceptors (Lipinski definition) is 1. The van der Waals surface area contributed by atoms with E-state index in [0.29, 0.717) is 6.61 Å². The second-order valence-corrected chi connectivity index (χ2v) is 3.10. The molecule has 0 aromatic heterocycles. The third kappa shape index (κ3) is 3.90. The summed E-state index contributed by atoms with van der Waals surface area (Å²) in [5.74, 6) is 0. The number of rotatable bonds is 5. The lowest BCUT2D eigenvalue weighted by Gasteiger charge is -2.01. The van der Waals surface area contributed by atoms with Crippen LogP contribution in [0.2, 0.25) is 0 Å². The van der Waals surface area contributed by atoms with Crippen molar-refractivity contribution in [3.63, 3.8) is 0 Å². The molecule has 0 aliphatic carbocycles. The van der Waals surface area contributed by atoms with Crippen molar-refractivity contribution >= 4 is 0 Å². The van der Waals surface area contributed by atoms with E-state index in [-0.39, 0.29) is 0 Å². The highest BCUT2D eigenvalue weighted by Gasteiger charge is 1.91. The number of ether oxygens (including phenoxy) is 1. The summed E-state index contributed by atoms with van der Waals surface area (Å²) < 4.78 is 5.30. The topological polar surface area (TPSA) is 9.23 Å². The molecule has 0 spiro atoms. The van der Waals surface area contributed by atoms with Crippen LogP contribution in [-0.2, 0) is 11.2 Å². The Morgan fingerprint density at radius 1 is 1.31 bits per heavy atom. The molecule has 1 aromatic carbocycles. The van der Waals surface area contributed by atoms with Crippen LogP contribution in [-0.4, -0.2) is 13.2 Å². The van der Waals surface area contributed by atoms with E-state index >= 15 is 0 Å². The third-order valence-corrected chi connectivity index (χ3v) is 1.89. The summed E-state index contributed by atoms with van der Waals surface area (Å²) in [6.45, 7) is 7.10. The Morgan fingerprint density at radius 2 is 2.00 bits per heavy atom. The standard InChI is InChI=1S/C12H16O/c1-3-9-13-10-8-12-6-4-11(2)5-7-12/h3-7H,1,8-10H2,2H3. The Bertz CT molecular complexity index is 248. The van der Waals surface area contributed by atoms with Gasteiger partial charge in [-0.15, -0.1) is 6.58 Å². The zero-order valence-electron chi connectivity index (χ0n) is 8.12. The van der Waals surface area contributed by atoms with Gasteiger partial charge >= 0.3 is 0 Å². The number of hydrogen-bond donors (Lipinski definition) is 0. The van der Waals surface area contributed by atoms with Gasteiger partial charge in [-0.1, -0.05) is 35.9 Å². The van der Waals surface area contributed by atoms with E-state index in [2.05, 4.69) is 37.8 Å². The zero-order valence-corrected chi connectivity index (χ0v) is 8.12. The Kier molecular flexibility index (Phi) is 4.27. The van der Waals surface area contributed by atoms with Crippen LogP contribution in [0, 0.1) is 6.92 Å². The molecule has 0 aliphatic heterocycles. The zero-order chi connectivity index (χ0) is 9.52. The normalized spacial score (nSPS) is 9.92. The third-order valence-electron chi connectivity index (χ3n) is 1.89. The second kappa shape index (κ2) is 5.55. The average Bonchev–Trinajstić information content (AvgIpc) is 2.15. The summed E-state index contributed by atoms with van der Waals surface area (Å²) in [6.07, 6.45) is 2.75. The number of benzene rings is 1. The van der Waals surface area contributed by atoms with Gasteiger partial charge in [0.25, 0.3) is 0 Å². The predicted octanol–water partition coefficient (Wildman–Crippen LogP) is 2.74. The lowest BCUT2D eigenvalue weighted by molar-refractivity contribution is 0.166. The van der Waals surface area contributed by atoms with E-state index in [1.807, 2.05) is 0 Å². The van der Waals surface area contributed by atoms with E-state index in [4.69, 9.17) is 4.74 Å².